The minimum atomic E-state index is 0.468. The Labute approximate surface area is 85.2 Å². The Bertz CT molecular complexity index is 297. The molecule has 1 saturated heterocycles. The van der Waals surface area contributed by atoms with Crippen molar-refractivity contribution in [2.45, 2.75) is 12.5 Å². The molecule has 0 bridgehead atoms. The third-order valence-electron chi connectivity index (χ3n) is 2.16. The highest BCUT2D eigenvalue weighted by atomic mass is 79.9. The maximum atomic E-state index is 6.04. The molecule has 1 unspecified atom stereocenters. The fourth-order valence-electron chi connectivity index (χ4n) is 1.34. The zero-order valence-electron chi connectivity index (χ0n) is 6.48. The molecule has 1 fully saturated rings. The number of rotatable bonds is 1. The van der Waals surface area contributed by atoms with Crippen LogP contribution in [-0.4, -0.2) is 6.54 Å². The van der Waals surface area contributed by atoms with Crippen molar-refractivity contribution < 1.29 is 0 Å². The van der Waals surface area contributed by atoms with Gasteiger partial charge in [-0.2, -0.15) is 0 Å². The molecule has 1 heterocycles. The average molecular weight is 247 g/mol. The number of benzene rings is 1. The molecule has 1 aromatic rings. The first-order valence-corrected chi connectivity index (χ1v) is 5.13. The van der Waals surface area contributed by atoms with E-state index in [0.29, 0.717) is 6.04 Å². The van der Waals surface area contributed by atoms with E-state index in [0.717, 1.165) is 16.0 Å². The maximum absolute atomic E-state index is 6.04. The number of hydrogen-bond donors (Lipinski definition) is 1. The summed E-state index contributed by atoms with van der Waals surface area (Å²) in [6.07, 6.45) is 1.19. The van der Waals surface area contributed by atoms with E-state index < -0.39 is 0 Å². The molecule has 1 atom stereocenters. The van der Waals surface area contributed by atoms with Crippen molar-refractivity contribution in [3.8, 4) is 0 Å². The van der Waals surface area contributed by atoms with Crippen LogP contribution in [0.1, 0.15) is 18.0 Å². The lowest BCUT2D eigenvalue weighted by molar-refractivity contribution is 0.383. The lowest BCUT2D eigenvalue weighted by atomic mass is 9.98. The molecule has 2 rings (SSSR count). The maximum Gasteiger partial charge on any atom is 0.0454 e. The highest BCUT2D eigenvalue weighted by molar-refractivity contribution is 9.10. The standard InChI is InChI=1S/C9H9BrClN/c10-6-1-2-8(11)7(5-6)9-3-4-12-9/h1-2,5,9,12H,3-4H2. The van der Waals surface area contributed by atoms with Gasteiger partial charge in [0.2, 0.25) is 0 Å². The first kappa shape index (κ1) is 8.54. The van der Waals surface area contributed by atoms with E-state index >= 15 is 0 Å². The van der Waals surface area contributed by atoms with Crippen LogP contribution in [-0.2, 0) is 0 Å². The molecule has 3 heteroatoms. The fourth-order valence-corrected chi connectivity index (χ4v) is 1.96. The molecular formula is C9H9BrClN. The predicted octanol–water partition coefficient (Wildman–Crippen LogP) is 3.14. The molecule has 0 aromatic heterocycles. The summed E-state index contributed by atoms with van der Waals surface area (Å²) in [4.78, 5) is 0. The third kappa shape index (κ3) is 1.51. The van der Waals surface area contributed by atoms with E-state index in [2.05, 4.69) is 27.3 Å². The van der Waals surface area contributed by atoms with E-state index in [1.165, 1.54) is 12.0 Å². The van der Waals surface area contributed by atoms with Crippen molar-refractivity contribution in [3.05, 3.63) is 33.3 Å². The van der Waals surface area contributed by atoms with Crippen molar-refractivity contribution in [1.29, 1.82) is 0 Å². The van der Waals surface area contributed by atoms with Crippen molar-refractivity contribution >= 4 is 27.5 Å². The zero-order chi connectivity index (χ0) is 8.55. The van der Waals surface area contributed by atoms with Crippen molar-refractivity contribution in [2.75, 3.05) is 6.54 Å². The summed E-state index contributed by atoms with van der Waals surface area (Å²) in [6, 6.07) is 6.44. The summed E-state index contributed by atoms with van der Waals surface area (Å²) in [5.74, 6) is 0. The molecule has 0 aliphatic carbocycles. The number of nitrogens with one attached hydrogen (secondary N) is 1. The first-order chi connectivity index (χ1) is 5.77. The Kier molecular flexibility index (Phi) is 2.40. The van der Waals surface area contributed by atoms with Gasteiger partial charge in [0.25, 0.3) is 0 Å². The van der Waals surface area contributed by atoms with Crippen LogP contribution in [0.5, 0.6) is 0 Å². The van der Waals surface area contributed by atoms with Gasteiger partial charge in [0.1, 0.15) is 0 Å². The van der Waals surface area contributed by atoms with Crippen LogP contribution >= 0.6 is 27.5 Å². The first-order valence-electron chi connectivity index (χ1n) is 3.96. The van der Waals surface area contributed by atoms with Crippen LogP contribution in [0.2, 0.25) is 5.02 Å². The Morgan fingerprint density at radius 1 is 1.50 bits per heavy atom. The van der Waals surface area contributed by atoms with Gasteiger partial charge >= 0.3 is 0 Å². The topological polar surface area (TPSA) is 12.0 Å². The van der Waals surface area contributed by atoms with E-state index in [1.54, 1.807) is 0 Å². The smallest absolute Gasteiger partial charge is 0.0454 e. The van der Waals surface area contributed by atoms with Gasteiger partial charge in [0.05, 0.1) is 0 Å². The summed E-state index contributed by atoms with van der Waals surface area (Å²) in [5.41, 5.74) is 1.21. The van der Waals surface area contributed by atoms with Gasteiger partial charge in [-0.15, -0.1) is 0 Å². The molecule has 1 aromatic carbocycles. The summed E-state index contributed by atoms with van der Waals surface area (Å²) in [5, 5.41) is 4.18. The number of halogens is 2. The Morgan fingerprint density at radius 2 is 2.25 bits per heavy atom. The fraction of sp³-hybridized carbons (Fsp3) is 0.333. The molecule has 0 spiro atoms. The molecule has 0 amide bonds. The van der Waals surface area contributed by atoms with E-state index in [4.69, 9.17) is 11.6 Å². The number of hydrogen-bond acceptors (Lipinski definition) is 1. The van der Waals surface area contributed by atoms with Gasteiger partial charge in [-0.1, -0.05) is 27.5 Å². The second-order valence-electron chi connectivity index (χ2n) is 2.96. The zero-order valence-corrected chi connectivity index (χ0v) is 8.82. The molecule has 1 N–H and O–H groups in total. The Morgan fingerprint density at radius 3 is 2.83 bits per heavy atom. The minimum absolute atomic E-state index is 0.468. The molecule has 12 heavy (non-hydrogen) atoms. The highest BCUT2D eigenvalue weighted by Crippen LogP contribution is 2.31. The van der Waals surface area contributed by atoms with Crippen LogP contribution in [0.15, 0.2) is 22.7 Å². The molecule has 1 nitrogen and oxygen atoms in total. The van der Waals surface area contributed by atoms with E-state index in [1.807, 2.05) is 12.1 Å². The van der Waals surface area contributed by atoms with E-state index in [9.17, 15) is 0 Å². The lowest BCUT2D eigenvalue weighted by Gasteiger charge is -2.28. The Balaban J connectivity index is 2.34. The van der Waals surface area contributed by atoms with Crippen LogP contribution in [0.3, 0.4) is 0 Å². The van der Waals surface area contributed by atoms with Gasteiger partial charge < -0.3 is 5.32 Å². The van der Waals surface area contributed by atoms with Crippen LogP contribution in [0, 0.1) is 0 Å². The quantitative estimate of drug-likeness (QED) is 0.803. The molecule has 64 valence electrons. The highest BCUT2D eigenvalue weighted by Gasteiger charge is 2.20. The second-order valence-corrected chi connectivity index (χ2v) is 4.28. The summed E-state index contributed by atoms with van der Waals surface area (Å²) in [7, 11) is 0. The summed E-state index contributed by atoms with van der Waals surface area (Å²) >= 11 is 9.47. The molecule has 0 radical (unpaired) electrons. The van der Waals surface area contributed by atoms with Gasteiger partial charge in [0.15, 0.2) is 0 Å². The normalized spacial score (nSPS) is 22.0. The van der Waals surface area contributed by atoms with Crippen LogP contribution < -0.4 is 5.32 Å². The van der Waals surface area contributed by atoms with Crippen molar-refractivity contribution in [1.82, 2.24) is 5.32 Å². The van der Waals surface area contributed by atoms with Gasteiger partial charge in [0, 0.05) is 15.5 Å². The summed E-state index contributed by atoms with van der Waals surface area (Å²) in [6.45, 7) is 1.10. The molecule has 0 saturated carbocycles. The van der Waals surface area contributed by atoms with Gasteiger partial charge in [-0.25, -0.2) is 0 Å². The van der Waals surface area contributed by atoms with Crippen LogP contribution in [0.4, 0.5) is 0 Å². The SMILES string of the molecule is Clc1ccc(Br)cc1C1CCN1. The molecule has 1 aliphatic rings. The molecular weight excluding hydrogens is 237 g/mol. The molecule has 1 aliphatic heterocycles. The average Bonchev–Trinajstić information content (AvgIpc) is 1.93. The van der Waals surface area contributed by atoms with Crippen molar-refractivity contribution in [2.24, 2.45) is 0 Å². The second kappa shape index (κ2) is 3.36. The van der Waals surface area contributed by atoms with E-state index in [-0.39, 0.29) is 0 Å². The van der Waals surface area contributed by atoms with Gasteiger partial charge in [-0.05, 0) is 36.7 Å². The summed E-state index contributed by atoms with van der Waals surface area (Å²) < 4.78 is 1.09. The lowest BCUT2D eigenvalue weighted by Crippen LogP contribution is -2.35. The predicted molar refractivity (Wildman–Crippen MR) is 54.5 cm³/mol. The Hall–Kier alpha value is -0.0500. The van der Waals surface area contributed by atoms with Crippen molar-refractivity contribution in [3.63, 3.8) is 0 Å². The van der Waals surface area contributed by atoms with Gasteiger partial charge in [-0.3, -0.25) is 0 Å². The largest absolute Gasteiger partial charge is 0.310 e. The monoisotopic (exact) mass is 245 g/mol. The third-order valence-corrected chi connectivity index (χ3v) is 2.99. The van der Waals surface area contributed by atoms with Crippen LogP contribution in [0.25, 0.3) is 0 Å². The minimum Gasteiger partial charge on any atom is -0.310 e.